The summed E-state index contributed by atoms with van der Waals surface area (Å²) in [6.45, 7) is 7.66. The normalized spacial score (nSPS) is 11.5. The van der Waals surface area contributed by atoms with Gasteiger partial charge in [0.05, 0.1) is 38.3 Å². The summed E-state index contributed by atoms with van der Waals surface area (Å²) in [5, 5.41) is 8.91. The first-order chi connectivity index (χ1) is 15.7. The monoisotopic (exact) mass is 486 g/mol. The number of sulfonamides is 1. The second-order valence-corrected chi connectivity index (χ2v) is 9.67. The number of rotatable bonds is 7. The topological polar surface area (TPSA) is 99.2 Å². The minimum atomic E-state index is -3.76. The average Bonchev–Trinajstić information content (AvgIpc) is 3.25. The van der Waals surface area contributed by atoms with Gasteiger partial charge >= 0.3 is 0 Å². The summed E-state index contributed by atoms with van der Waals surface area (Å²) in [6.07, 6.45) is 0. The minimum absolute atomic E-state index is 0.126. The molecule has 0 bridgehead atoms. The Labute approximate surface area is 197 Å². The largest absolute Gasteiger partial charge is 0.489 e. The van der Waals surface area contributed by atoms with E-state index in [9.17, 15) is 8.42 Å². The van der Waals surface area contributed by atoms with Crippen molar-refractivity contribution in [2.45, 2.75) is 39.2 Å². The Kier molecular flexibility index (Phi) is 6.18. The molecule has 33 heavy (non-hydrogen) atoms. The van der Waals surface area contributed by atoms with Crippen molar-refractivity contribution in [2.75, 3.05) is 4.72 Å². The molecule has 0 amide bonds. The number of ether oxygens (including phenoxy) is 1. The predicted molar refractivity (Wildman–Crippen MR) is 126 cm³/mol. The fourth-order valence-electron chi connectivity index (χ4n) is 3.34. The van der Waals surface area contributed by atoms with Crippen LogP contribution in [0.3, 0.4) is 0 Å². The highest BCUT2D eigenvalue weighted by Crippen LogP contribution is 2.25. The van der Waals surface area contributed by atoms with Crippen molar-refractivity contribution >= 4 is 27.3 Å². The molecule has 0 fully saturated rings. The Hall–Kier alpha value is -3.30. The third kappa shape index (κ3) is 4.74. The number of benzene rings is 2. The molecule has 172 valence electrons. The minimum Gasteiger partial charge on any atom is -0.489 e. The molecule has 10 heteroatoms. The van der Waals surface area contributed by atoms with Gasteiger partial charge in [-0.05, 0) is 76.2 Å². The summed E-state index contributed by atoms with van der Waals surface area (Å²) >= 11 is 6.21. The predicted octanol–water partition coefficient (Wildman–Crippen LogP) is 5.13. The zero-order valence-electron chi connectivity index (χ0n) is 18.6. The van der Waals surface area contributed by atoms with E-state index in [4.69, 9.17) is 20.9 Å². The summed E-state index contributed by atoms with van der Waals surface area (Å²) < 4.78 is 40.8. The second kappa shape index (κ2) is 8.92. The van der Waals surface area contributed by atoms with Gasteiger partial charge < -0.3 is 9.26 Å². The van der Waals surface area contributed by atoms with E-state index in [-0.39, 0.29) is 4.90 Å². The van der Waals surface area contributed by atoms with Gasteiger partial charge in [0.15, 0.2) is 0 Å². The van der Waals surface area contributed by atoms with Crippen LogP contribution in [0.15, 0.2) is 57.9 Å². The van der Waals surface area contributed by atoms with Crippen LogP contribution in [0.25, 0.3) is 5.69 Å². The molecule has 0 atom stereocenters. The maximum Gasteiger partial charge on any atom is 0.261 e. The Balaban J connectivity index is 1.44. The molecular formula is C23H23ClN4O4S. The molecule has 4 aromatic rings. The van der Waals surface area contributed by atoms with Crippen LogP contribution in [-0.4, -0.2) is 23.4 Å². The molecule has 0 unspecified atom stereocenters. The van der Waals surface area contributed by atoms with E-state index in [1.54, 1.807) is 41.1 Å². The van der Waals surface area contributed by atoms with E-state index in [2.05, 4.69) is 15.0 Å². The summed E-state index contributed by atoms with van der Waals surface area (Å²) in [5.41, 5.74) is 4.41. The van der Waals surface area contributed by atoms with Gasteiger partial charge in [-0.15, -0.1) is 0 Å². The fourth-order valence-corrected chi connectivity index (χ4v) is 4.51. The smallest absolute Gasteiger partial charge is 0.261 e. The quantitative estimate of drug-likeness (QED) is 0.389. The molecule has 2 aromatic carbocycles. The summed E-state index contributed by atoms with van der Waals surface area (Å²) in [6, 6.07) is 13.1. The van der Waals surface area contributed by atoms with Gasteiger partial charge in [-0.2, -0.15) is 5.10 Å². The van der Waals surface area contributed by atoms with Gasteiger partial charge in [-0.3, -0.25) is 4.72 Å². The van der Waals surface area contributed by atoms with Gasteiger partial charge in [0, 0.05) is 5.69 Å². The summed E-state index contributed by atoms with van der Waals surface area (Å²) in [7, 11) is -3.76. The van der Waals surface area contributed by atoms with Crippen molar-refractivity contribution in [1.82, 2.24) is 14.9 Å². The second-order valence-electron chi connectivity index (χ2n) is 7.61. The first kappa shape index (κ1) is 22.9. The highest BCUT2D eigenvalue weighted by atomic mass is 35.5. The van der Waals surface area contributed by atoms with Gasteiger partial charge in [0.2, 0.25) is 0 Å². The third-order valence-corrected chi connectivity index (χ3v) is 7.21. The van der Waals surface area contributed by atoms with Crippen LogP contribution in [0, 0.1) is 27.7 Å². The number of aryl methyl sites for hydroxylation is 3. The van der Waals surface area contributed by atoms with E-state index < -0.39 is 10.0 Å². The number of halogens is 1. The van der Waals surface area contributed by atoms with Crippen molar-refractivity contribution < 1.29 is 17.7 Å². The molecule has 4 rings (SSSR count). The first-order valence-electron chi connectivity index (χ1n) is 10.2. The highest BCUT2D eigenvalue weighted by Gasteiger charge is 2.16. The van der Waals surface area contributed by atoms with Crippen LogP contribution in [0.5, 0.6) is 5.75 Å². The van der Waals surface area contributed by atoms with Gasteiger partial charge in [0.25, 0.3) is 10.0 Å². The van der Waals surface area contributed by atoms with Crippen molar-refractivity contribution in [1.29, 1.82) is 0 Å². The number of aromatic nitrogens is 3. The molecule has 8 nitrogen and oxygen atoms in total. The Morgan fingerprint density at radius 2 is 1.67 bits per heavy atom. The zero-order valence-corrected chi connectivity index (χ0v) is 20.2. The van der Waals surface area contributed by atoms with Crippen LogP contribution in [0.2, 0.25) is 5.02 Å². The SMILES string of the molecule is Cc1nn(-c2ccc(NS(=O)(=O)c3ccc(OCc4c(C)noc4C)cc3)cc2)c(C)c1Cl. The van der Waals surface area contributed by atoms with Crippen LogP contribution < -0.4 is 9.46 Å². The van der Waals surface area contributed by atoms with E-state index in [1.165, 1.54) is 12.1 Å². The average molecular weight is 487 g/mol. The van der Waals surface area contributed by atoms with Crippen LogP contribution >= 0.6 is 11.6 Å². The molecule has 2 aromatic heterocycles. The summed E-state index contributed by atoms with van der Waals surface area (Å²) in [5.74, 6) is 1.24. The lowest BCUT2D eigenvalue weighted by Gasteiger charge is -2.11. The van der Waals surface area contributed by atoms with Crippen molar-refractivity contribution in [2.24, 2.45) is 0 Å². The third-order valence-electron chi connectivity index (χ3n) is 5.27. The number of nitrogens with zero attached hydrogens (tertiary/aromatic N) is 3. The lowest BCUT2D eigenvalue weighted by Crippen LogP contribution is -2.13. The lowest BCUT2D eigenvalue weighted by molar-refractivity contribution is 0.301. The molecular weight excluding hydrogens is 464 g/mol. The number of anilines is 1. The Bertz CT molecular complexity index is 1370. The molecule has 0 spiro atoms. The molecule has 0 saturated heterocycles. The van der Waals surface area contributed by atoms with Gasteiger partial charge in [-0.25, -0.2) is 13.1 Å². The lowest BCUT2D eigenvalue weighted by atomic mass is 10.2. The molecule has 0 aliphatic heterocycles. The maximum atomic E-state index is 12.8. The van der Waals surface area contributed by atoms with E-state index >= 15 is 0 Å². The summed E-state index contributed by atoms with van der Waals surface area (Å²) in [4.78, 5) is 0.126. The Morgan fingerprint density at radius 1 is 1.00 bits per heavy atom. The van der Waals surface area contributed by atoms with Crippen LogP contribution in [0.4, 0.5) is 5.69 Å². The standard InChI is InChI=1S/C23H23ClN4O4S/c1-14-22(17(4)32-26-14)13-31-20-9-11-21(12-10-20)33(29,30)27-18-5-7-19(8-6-18)28-16(3)23(24)15(2)25-28/h5-12,27H,13H2,1-4H3. The molecule has 0 saturated carbocycles. The number of hydrogen-bond acceptors (Lipinski definition) is 6. The van der Waals surface area contributed by atoms with Crippen molar-refractivity contribution in [3.8, 4) is 11.4 Å². The van der Waals surface area contributed by atoms with E-state index in [0.717, 1.165) is 28.3 Å². The molecule has 1 N–H and O–H groups in total. The fraction of sp³-hybridized carbons (Fsp3) is 0.217. The van der Waals surface area contributed by atoms with E-state index in [1.807, 2.05) is 27.7 Å². The number of nitrogens with one attached hydrogen (secondary N) is 1. The molecule has 2 heterocycles. The van der Waals surface area contributed by atoms with Gasteiger partial charge in [-0.1, -0.05) is 16.8 Å². The molecule has 0 aliphatic rings. The molecule has 0 aliphatic carbocycles. The first-order valence-corrected chi connectivity index (χ1v) is 12.0. The van der Waals surface area contributed by atoms with Crippen LogP contribution in [-0.2, 0) is 16.6 Å². The number of hydrogen-bond donors (Lipinski definition) is 1. The van der Waals surface area contributed by atoms with Crippen LogP contribution in [0.1, 0.15) is 28.4 Å². The maximum absolute atomic E-state index is 12.8. The van der Waals surface area contributed by atoms with Gasteiger partial charge in [0.1, 0.15) is 18.1 Å². The zero-order chi connectivity index (χ0) is 23.8. The van der Waals surface area contributed by atoms with Crippen molar-refractivity contribution in [3.63, 3.8) is 0 Å². The van der Waals surface area contributed by atoms with Crippen molar-refractivity contribution in [3.05, 3.63) is 82.0 Å². The van der Waals surface area contributed by atoms with E-state index in [0.29, 0.717) is 28.8 Å². The molecule has 0 radical (unpaired) electrons. The highest BCUT2D eigenvalue weighted by molar-refractivity contribution is 7.92. The Morgan fingerprint density at radius 3 is 2.21 bits per heavy atom.